The molecule has 4 aromatic rings. The maximum atomic E-state index is 12.5. The maximum Gasteiger partial charge on any atom is 0.410 e. The average Bonchev–Trinajstić information content (AvgIpc) is 3.87. The second kappa shape index (κ2) is 21.5. The van der Waals surface area contributed by atoms with E-state index in [0.29, 0.717) is 50.5 Å². The Kier molecular flexibility index (Phi) is 16.1. The molecule has 0 radical (unpaired) electrons. The number of aromatic nitrogens is 6. The van der Waals surface area contributed by atoms with Crippen molar-refractivity contribution in [3.63, 3.8) is 0 Å². The summed E-state index contributed by atoms with van der Waals surface area (Å²) >= 11 is 6.31. The molecule has 18 nitrogen and oxygen atoms in total. The van der Waals surface area contributed by atoms with Crippen LogP contribution in [-0.4, -0.2) is 154 Å². The summed E-state index contributed by atoms with van der Waals surface area (Å²) in [5.41, 5.74) is 2.78. The van der Waals surface area contributed by atoms with Crippen LogP contribution in [-0.2, 0) is 9.47 Å². The van der Waals surface area contributed by atoms with E-state index in [1.54, 1.807) is 9.80 Å². The zero-order chi connectivity index (χ0) is 45.7. The number of hydrogen-bond donors (Lipinski definition) is 3. The molecule has 6 fully saturated rings. The predicted molar refractivity (Wildman–Crippen MR) is 261 cm³/mol. The molecule has 0 spiro atoms. The molecule has 66 heavy (non-hydrogen) atoms. The van der Waals surface area contributed by atoms with Gasteiger partial charge in [-0.3, -0.25) is 0 Å². The van der Waals surface area contributed by atoms with E-state index in [1.165, 1.54) is 51.6 Å². The molecule has 0 aromatic carbocycles. The maximum absolute atomic E-state index is 12.5. The van der Waals surface area contributed by atoms with Gasteiger partial charge < -0.3 is 49.9 Å². The number of carbonyl (C=O) groups is 2. The summed E-state index contributed by atoms with van der Waals surface area (Å²) in [4.78, 5) is 44.6. The van der Waals surface area contributed by atoms with Crippen LogP contribution in [0.2, 0.25) is 5.15 Å². The van der Waals surface area contributed by atoms with E-state index >= 15 is 0 Å². The number of amides is 2. The first-order chi connectivity index (χ1) is 31.2. The summed E-state index contributed by atoms with van der Waals surface area (Å²) in [6.45, 7) is 23.4. The lowest BCUT2D eigenvalue weighted by Gasteiger charge is -2.37. The minimum atomic E-state index is -0.488. The van der Waals surface area contributed by atoms with Gasteiger partial charge in [-0.05, 0) is 106 Å². The Balaban J connectivity index is 0.000000179. The molecule has 2 amide bonds. The second-order valence-corrected chi connectivity index (χ2v) is 20.3. The van der Waals surface area contributed by atoms with Crippen molar-refractivity contribution in [2.24, 2.45) is 0 Å². The number of anilines is 3. The molecule has 10 rings (SSSR count). The molecule has 6 saturated heterocycles. The number of halogens is 1. The number of rotatable bonds is 5. The Morgan fingerprint density at radius 2 is 1.02 bits per heavy atom. The average molecular weight is 936 g/mol. The zero-order valence-electron chi connectivity index (χ0n) is 39.5. The SMILES string of the molecule is C.C1CNC1.CC(C)(C)OC(=O)N1CCN(c2cc(Cl)nc3cc([C@@H]4CCCCN4)nn23)CC1.CC(C)(C)OC(=O)N1CCN(c2cc(N3CCC3)nc3cc([C@@H]4CCCCN4)nn23)CC1. The molecular formula is C47H75ClN14O4. The van der Waals surface area contributed by atoms with Crippen LogP contribution in [0.3, 0.4) is 0 Å². The topological polar surface area (TPSA) is 165 Å². The van der Waals surface area contributed by atoms with Crippen molar-refractivity contribution in [1.29, 1.82) is 0 Å². The molecule has 6 aliphatic rings. The van der Waals surface area contributed by atoms with Gasteiger partial charge in [0.05, 0.1) is 23.5 Å². The Morgan fingerprint density at radius 1 is 0.576 bits per heavy atom. The fourth-order valence-corrected chi connectivity index (χ4v) is 8.87. The van der Waals surface area contributed by atoms with Crippen LogP contribution in [0.1, 0.15) is 124 Å². The third-order valence-corrected chi connectivity index (χ3v) is 12.7. The van der Waals surface area contributed by atoms with E-state index in [1.807, 2.05) is 62.7 Å². The van der Waals surface area contributed by atoms with Gasteiger partial charge in [-0.25, -0.2) is 19.6 Å². The summed E-state index contributed by atoms with van der Waals surface area (Å²) < 4.78 is 14.9. The monoisotopic (exact) mass is 935 g/mol. The van der Waals surface area contributed by atoms with Gasteiger partial charge in [0.25, 0.3) is 0 Å². The number of carbonyl (C=O) groups excluding carboxylic acids is 2. The number of hydrogen-bond acceptors (Lipinski definition) is 14. The van der Waals surface area contributed by atoms with E-state index in [2.05, 4.69) is 47.8 Å². The molecule has 364 valence electrons. The van der Waals surface area contributed by atoms with Gasteiger partial charge in [-0.1, -0.05) is 31.9 Å². The van der Waals surface area contributed by atoms with E-state index in [-0.39, 0.29) is 25.7 Å². The Bertz CT molecular complexity index is 2210. The van der Waals surface area contributed by atoms with Gasteiger partial charge in [0, 0.05) is 89.7 Å². The summed E-state index contributed by atoms with van der Waals surface area (Å²) in [6.07, 6.45) is 9.19. The molecule has 0 aliphatic carbocycles. The molecule has 10 heterocycles. The van der Waals surface area contributed by atoms with Gasteiger partial charge >= 0.3 is 12.2 Å². The molecule has 3 N–H and O–H groups in total. The van der Waals surface area contributed by atoms with Gasteiger partial charge in [-0.2, -0.15) is 19.2 Å². The highest BCUT2D eigenvalue weighted by atomic mass is 35.5. The Labute approximate surface area is 396 Å². The first kappa shape index (κ1) is 49.3. The minimum absolute atomic E-state index is 0. The predicted octanol–water partition coefficient (Wildman–Crippen LogP) is 6.68. The first-order valence-corrected chi connectivity index (χ1v) is 24.4. The third kappa shape index (κ3) is 12.5. The highest BCUT2D eigenvalue weighted by Crippen LogP contribution is 2.31. The fraction of sp³-hybridized carbons (Fsp3) is 0.702. The smallest absolute Gasteiger partial charge is 0.410 e. The van der Waals surface area contributed by atoms with Crippen molar-refractivity contribution in [2.45, 2.75) is 124 Å². The summed E-state index contributed by atoms with van der Waals surface area (Å²) in [5, 5.41) is 20.5. The number of fused-ring (bicyclic) bond motifs is 2. The van der Waals surface area contributed by atoms with Crippen molar-refractivity contribution in [3.8, 4) is 0 Å². The quantitative estimate of drug-likeness (QED) is 0.182. The van der Waals surface area contributed by atoms with Gasteiger partial charge in [0.15, 0.2) is 11.3 Å². The van der Waals surface area contributed by atoms with Crippen LogP contribution in [0.5, 0.6) is 0 Å². The number of nitrogens with one attached hydrogen (secondary N) is 3. The Morgan fingerprint density at radius 3 is 1.39 bits per heavy atom. The highest BCUT2D eigenvalue weighted by Gasteiger charge is 2.31. The second-order valence-electron chi connectivity index (χ2n) is 19.9. The molecule has 6 aliphatic heterocycles. The molecule has 4 aromatic heterocycles. The molecule has 19 heteroatoms. The Hall–Kier alpha value is -4.65. The summed E-state index contributed by atoms with van der Waals surface area (Å²) in [6, 6.07) is 8.75. The van der Waals surface area contributed by atoms with Crippen LogP contribution in [0.25, 0.3) is 11.3 Å². The molecule has 2 atom stereocenters. The van der Waals surface area contributed by atoms with Crippen LogP contribution in [0.4, 0.5) is 27.0 Å². The van der Waals surface area contributed by atoms with Gasteiger partial charge in [0.1, 0.15) is 33.8 Å². The normalized spacial score (nSPS) is 21.4. The van der Waals surface area contributed by atoms with E-state index < -0.39 is 11.2 Å². The van der Waals surface area contributed by atoms with Crippen LogP contribution in [0.15, 0.2) is 24.3 Å². The first-order valence-electron chi connectivity index (χ1n) is 24.0. The van der Waals surface area contributed by atoms with Crippen molar-refractivity contribution in [3.05, 3.63) is 40.8 Å². The lowest BCUT2D eigenvalue weighted by Crippen LogP contribution is -2.50. The standard InChI is InChI=1S/C23H35N7O2.C20H29ClN6O2.C3H7N.CH4/c1-23(2,3)32-22(31)29-13-11-28(12-14-29)21-16-19(27-9-6-10-27)25-20-15-18(26-30(20)21)17-7-4-5-8-24-17;1-20(2,3)29-19(28)26-10-8-25(9-11-26)18-13-16(21)23-17-12-15(24-27(17)18)14-6-4-5-7-22-14;1-2-4-3-1;/h15-17,24H,4-14H2,1-3H3;12-14,22H,4-11H2,1-3H3;4H,1-3H2;1H4/t17-;14-;;/m00../s1. The van der Waals surface area contributed by atoms with Gasteiger partial charge in [0.2, 0.25) is 0 Å². The van der Waals surface area contributed by atoms with Gasteiger partial charge in [-0.15, -0.1) is 0 Å². The van der Waals surface area contributed by atoms with E-state index in [0.717, 1.165) is 92.2 Å². The number of piperazine rings is 2. The molecule has 0 unspecified atom stereocenters. The number of nitrogens with zero attached hydrogens (tertiary/aromatic N) is 11. The van der Waals surface area contributed by atoms with E-state index in [4.69, 9.17) is 36.3 Å². The zero-order valence-corrected chi connectivity index (χ0v) is 40.2. The van der Waals surface area contributed by atoms with Crippen molar-refractivity contribution in [2.75, 3.05) is 106 Å². The molecule has 0 saturated carbocycles. The molecule has 0 bridgehead atoms. The molecular weight excluding hydrogens is 860 g/mol. The third-order valence-electron chi connectivity index (χ3n) is 12.5. The number of piperidine rings is 2. The summed E-state index contributed by atoms with van der Waals surface area (Å²) in [5.74, 6) is 2.99. The lowest BCUT2D eigenvalue weighted by molar-refractivity contribution is 0.0230. The van der Waals surface area contributed by atoms with Crippen molar-refractivity contribution < 1.29 is 19.1 Å². The van der Waals surface area contributed by atoms with Crippen molar-refractivity contribution in [1.82, 2.24) is 54.9 Å². The largest absolute Gasteiger partial charge is 0.444 e. The highest BCUT2D eigenvalue weighted by molar-refractivity contribution is 6.29. The summed E-state index contributed by atoms with van der Waals surface area (Å²) in [7, 11) is 0. The number of ether oxygens (including phenoxy) is 2. The lowest BCUT2D eigenvalue weighted by atomic mass is 10.0. The van der Waals surface area contributed by atoms with E-state index in [9.17, 15) is 9.59 Å². The van der Waals surface area contributed by atoms with Crippen LogP contribution in [0, 0.1) is 0 Å². The van der Waals surface area contributed by atoms with Crippen LogP contribution >= 0.6 is 11.6 Å². The van der Waals surface area contributed by atoms with Crippen molar-refractivity contribution >= 4 is 52.5 Å². The fourth-order valence-electron chi connectivity index (χ4n) is 8.68. The van der Waals surface area contributed by atoms with Crippen LogP contribution < -0.4 is 30.7 Å². The minimum Gasteiger partial charge on any atom is -0.444 e.